The molecule has 3 rings (SSSR count). The zero-order chi connectivity index (χ0) is 13.9. The van der Waals surface area contributed by atoms with Crippen LogP contribution in [-0.4, -0.2) is 22.9 Å². The molecule has 0 atom stereocenters. The minimum atomic E-state index is -0.0951. The van der Waals surface area contributed by atoms with Crippen LogP contribution in [0.5, 0.6) is 0 Å². The Labute approximate surface area is 116 Å². The second-order valence-electron chi connectivity index (χ2n) is 4.43. The standard InChI is InChI=1S/C16H13N3O/c1-19(12-6-3-2-4-7-12)16(20)13-8-5-9-14-15(13)18-11-10-17-14/h2-11H,1H3. The second kappa shape index (κ2) is 5.09. The number of rotatable bonds is 2. The number of amides is 1. The van der Waals surface area contributed by atoms with Crippen molar-refractivity contribution < 1.29 is 4.79 Å². The molecule has 0 fully saturated rings. The number of para-hydroxylation sites is 2. The number of aromatic nitrogens is 2. The summed E-state index contributed by atoms with van der Waals surface area (Å²) >= 11 is 0. The number of hydrogen-bond acceptors (Lipinski definition) is 3. The largest absolute Gasteiger partial charge is 0.311 e. The first kappa shape index (κ1) is 12.3. The Bertz CT molecular complexity index is 751. The number of carbonyl (C=O) groups is 1. The smallest absolute Gasteiger partial charge is 0.260 e. The maximum atomic E-state index is 12.6. The number of anilines is 1. The first-order valence-corrected chi connectivity index (χ1v) is 6.30. The third kappa shape index (κ3) is 2.12. The van der Waals surface area contributed by atoms with E-state index in [9.17, 15) is 4.79 Å². The van der Waals surface area contributed by atoms with Gasteiger partial charge in [-0.15, -0.1) is 0 Å². The number of nitrogens with zero attached hydrogens (tertiary/aromatic N) is 3. The maximum absolute atomic E-state index is 12.6. The second-order valence-corrected chi connectivity index (χ2v) is 4.43. The molecule has 4 nitrogen and oxygen atoms in total. The lowest BCUT2D eigenvalue weighted by Crippen LogP contribution is -2.26. The SMILES string of the molecule is CN(C(=O)c1cccc2nccnc12)c1ccccc1. The number of hydrogen-bond donors (Lipinski definition) is 0. The highest BCUT2D eigenvalue weighted by atomic mass is 16.2. The van der Waals surface area contributed by atoms with E-state index in [0.29, 0.717) is 11.1 Å². The summed E-state index contributed by atoms with van der Waals surface area (Å²) in [5.74, 6) is -0.0951. The molecule has 3 aromatic rings. The van der Waals surface area contributed by atoms with Crippen molar-refractivity contribution in [2.24, 2.45) is 0 Å². The molecule has 0 aliphatic carbocycles. The predicted octanol–water partition coefficient (Wildman–Crippen LogP) is 2.91. The average Bonchev–Trinajstić information content (AvgIpc) is 2.54. The molecule has 0 saturated carbocycles. The Hall–Kier alpha value is -2.75. The van der Waals surface area contributed by atoms with E-state index in [2.05, 4.69) is 9.97 Å². The van der Waals surface area contributed by atoms with Crippen LogP contribution < -0.4 is 4.90 Å². The van der Waals surface area contributed by atoms with Crippen LogP contribution in [-0.2, 0) is 0 Å². The van der Waals surface area contributed by atoms with Gasteiger partial charge in [0.2, 0.25) is 0 Å². The molecule has 0 N–H and O–H groups in total. The summed E-state index contributed by atoms with van der Waals surface area (Å²) in [5, 5.41) is 0. The van der Waals surface area contributed by atoms with E-state index >= 15 is 0 Å². The van der Waals surface area contributed by atoms with Crippen LogP contribution in [0.15, 0.2) is 60.9 Å². The first-order chi connectivity index (χ1) is 9.77. The maximum Gasteiger partial charge on any atom is 0.260 e. The summed E-state index contributed by atoms with van der Waals surface area (Å²) in [7, 11) is 1.76. The Morgan fingerprint density at radius 3 is 2.50 bits per heavy atom. The minimum Gasteiger partial charge on any atom is -0.311 e. The summed E-state index contributed by atoms with van der Waals surface area (Å²) in [5.41, 5.74) is 2.75. The van der Waals surface area contributed by atoms with Gasteiger partial charge in [-0.1, -0.05) is 24.3 Å². The van der Waals surface area contributed by atoms with E-state index in [4.69, 9.17) is 0 Å². The van der Waals surface area contributed by atoms with Crippen molar-refractivity contribution in [3.8, 4) is 0 Å². The van der Waals surface area contributed by atoms with Crippen molar-refractivity contribution in [2.75, 3.05) is 11.9 Å². The lowest BCUT2D eigenvalue weighted by Gasteiger charge is -2.17. The summed E-state index contributed by atoms with van der Waals surface area (Å²) in [6.07, 6.45) is 3.22. The van der Waals surface area contributed by atoms with Crippen molar-refractivity contribution >= 4 is 22.6 Å². The molecule has 0 bridgehead atoms. The molecule has 0 radical (unpaired) electrons. The van der Waals surface area contributed by atoms with Gasteiger partial charge in [-0.2, -0.15) is 0 Å². The van der Waals surface area contributed by atoms with E-state index in [1.807, 2.05) is 42.5 Å². The molecule has 1 amide bonds. The topological polar surface area (TPSA) is 46.1 Å². The summed E-state index contributed by atoms with van der Waals surface area (Å²) in [4.78, 5) is 22.7. The molecular formula is C16H13N3O. The van der Waals surface area contributed by atoms with Crippen LogP contribution in [0, 0.1) is 0 Å². The molecule has 4 heteroatoms. The normalized spacial score (nSPS) is 10.4. The van der Waals surface area contributed by atoms with Crippen molar-refractivity contribution in [1.29, 1.82) is 0 Å². The van der Waals surface area contributed by atoms with Gasteiger partial charge in [-0.25, -0.2) is 0 Å². The van der Waals surface area contributed by atoms with Gasteiger partial charge in [0.1, 0.15) is 5.52 Å². The summed E-state index contributed by atoms with van der Waals surface area (Å²) in [6.45, 7) is 0. The fraction of sp³-hybridized carbons (Fsp3) is 0.0625. The van der Waals surface area contributed by atoms with Crippen LogP contribution in [0.2, 0.25) is 0 Å². The van der Waals surface area contributed by atoms with Crippen molar-refractivity contribution in [3.63, 3.8) is 0 Å². The van der Waals surface area contributed by atoms with Gasteiger partial charge in [0.05, 0.1) is 11.1 Å². The number of benzene rings is 2. The number of fused-ring (bicyclic) bond motifs is 1. The van der Waals surface area contributed by atoms with Crippen LogP contribution in [0.25, 0.3) is 11.0 Å². The zero-order valence-electron chi connectivity index (χ0n) is 11.0. The molecule has 20 heavy (non-hydrogen) atoms. The molecule has 0 aliphatic rings. The Balaban J connectivity index is 2.05. The van der Waals surface area contributed by atoms with E-state index in [1.165, 1.54) is 0 Å². The van der Waals surface area contributed by atoms with Gasteiger partial charge in [0.25, 0.3) is 5.91 Å². The molecule has 1 aromatic heterocycles. The highest BCUT2D eigenvalue weighted by Crippen LogP contribution is 2.19. The van der Waals surface area contributed by atoms with Gasteiger partial charge in [-0.3, -0.25) is 14.8 Å². The predicted molar refractivity (Wildman–Crippen MR) is 78.7 cm³/mol. The lowest BCUT2D eigenvalue weighted by atomic mass is 10.1. The fourth-order valence-electron chi connectivity index (χ4n) is 2.11. The van der Waals surface area contributed by atoms with Crippen LogP contribution >= 0.6 is 0 Å². The van der Waals surface area contributed by atoms with Gasteiger partial charge >= 0.3 is 0 Å². The van der Waals surface area contributed by atoms with Crippen molar-refractivity contribution in [1.82, 2.24) is 9.97 Å². The molecule has 0 unspecified atom stereocenters. The van der Waals surface area contributed by atoms with Gasteiger partial charge in [0, 0.05) is 25.1 Å². The van der Waals surface area contributed by atoms with Crippen LogP contribution in [0.1, 0.15) is 10.4 Å². The summed E-state index contributed by atoms with van der Waals surface area (Å²) < 4.78 is 0. The van der Waals surface area contributed by atoms with E-state index < -0.39 is 0 Å². The molecule has 1 heterocycles. The molecule has 0 aliphatic heterocycles. The minimum absolute atomic E-state index is 0.0951. The van der Waals surface area contributed by atoms with E-state index in [1.54, 1.807) is 30.4 Å². The van der Waals surface area contributed by atoms with Gasteiger partial charge in [-0.05, 0) is 24.3 Å². The third-order valence-corrected chi connectivity index (χ3v) is 3.18. The van der Waals surface area contributed by atoms with Gasteiger partial charge in [0.15, 0.2) is 0 Å². The molecular weight excluding hydrogens is 250 g/mol. The third-order valence-electron chi connectivity index (χ3n) is 3.18. The zero-order valence-corrected chi connectivity index (χ0v) is 11.0. The lowest BCUT2D eigenvalue weighted by molar-refractivity contribution is 0.0994. The summed E-state index contributed by atoms with van der Waals surface area (Å²) in [6, 6.07) is 15.0. The molecule has 0 spiro atoms. The Morgan fingerprint density at radius 1 is 0.950 bits per heavy atom. The van der Waals surface area contributed by atoms with Crippen LogP contribution in [0.4, 0.5) is 5.69 Å². The highest BCUT2D eigenvalue weighted by Gasteiger charge is 2.16. The first-order valence-electron chi connectivity index (χ1n) is 6.30. The molecule has 0 saturated heterocycles. The van der Waals surface area contributed by atoms with Crippen molar-refractivity contribution in [2.45, 2.75) is 0 Å². The number of carbonyl (C=O) groups excluding carboxylic acids is 1. The molecule has 2 aromatic carbocycles. The van der Waals surface area contributed by atoms with Crippen molar-refractivity contribution in [3.05, 3.63) is 66.5 Å². The molecule has 98 valence electrons. The van der Waals surface area contributed by atoms with E-state index in [0.717, 1.165) is 11.2 Å². The van der Waals surface area contributed by atoms with Crippen LogP contribution in [0.3, 0.4) is 0 Å². The van der Waals surface area contributed by atoms with Gasteiger partial charge < -0.3 is 4.90 Å². The average molecular weight is 263 g/mol. The highest BCUT2D eigenvalue weighted by molar-refractivity contribution is 6.12. The Kier molecular flexibility index (Phi) is 3.13. The Morgan fingerprint density at radius 2 is 1.70 bits per heavy atom. The monoisotopic (exact) mass is 263 g/mol. The quantitative estimate of drug-likeness (QED) is 0.714. The van der Waals surface area contributed by atoms with E-state index in [-0.39, 0.29) is 5.91 Å². The fourth-order valence-corrected chi connectivity index (χ4v) is 2.11.